The second-order valence-corrected chi connectivity index (χ2v) is 6.41. The van der Waals surface area contributed by atoms with Crippen molar-refractivity contribution >= 4 is 29.2 Å². The van der Waals surface area contributed by atoms with Crippen LogP contribution in [0, 0.1) is 0 Å². The van der Waals surface area contributed by atoms with Gasteiger partial charge in [-0.25, -0.2) is 9.59 Å². The molecule has 0 spiro atoms. The molecule has 2 aromatic rings. The number of aliphatic hydroxyl groups excluding tert-OH is 2. The van der Waals surface area contributed by atoms with Crippen LogP contribution in [0.3, 0.4) is 0 Å². The van der Waals surface area contributed by atoms with Crippen LogP contribution in [0.15, 0.2) is 64.1 Å². The first kappa shape index (κ1) is 25.0. The number of hydrogen-bond acceptors (Lipinski definition) is 10. The number of benzene rings is 2. The molecule has 1 amide bonds. The number of para-hydroxylation sites is 2. The van der Waals surface area contributed by atoms with Crippen molar-refractivity contribution in [3.8, 4) is 5.75 Å². The molecule has 0 aliphatic heterocycles. The monoisotopic (exact) mass is 457 g/mol. The topological polar surface area (TPSA) is 156 Å². The van der Waals surface area contributed by atoms with E-state index in [9.17, 15) is 19.5 Å². The fourth-order valence-corrected chi connectivity index (χ4v) is 2.56. The van der Waals surface area contributed by atoms with Crippen LogP contribution < -0.4 is 10.1 Å². The van der Waals surface area contributed by atoms with Gasteiger partial charge in [0.1, 0.15) is 18.1 Å². The van der Waals surface area contributed by atoms with Crippen LogP contribution >= 0.6 is 0 Å². The first-order valence-corrected chi connectivity index (χ1v) is 9.58. The molecule has 0 bridgehead atoms. The molecule has 2 rings (SSSR count). The number of carbonyl (C=O) groups excluding carboxylic acids is 3. The van der Waals surface area contributed by atoms with E-state index in [2.05, 4.69) is 25.0 Å². The number of ether oxygens (including phenoxy) is 3. The Morgan fingerprint density at radius 1 is 1.00 bits per heavy atom. The minimum absolute atomic E-state index is 0.0139. The van der Waals surface area contributed by atoms with Crippen LogP contribution in [-0.4, -0.2) is 55.5 Å². The minimum Gasteiger partial charge on any atom is -0.510 e. The van der Waals surface area contributed by atoms with Gasteiger partial charge in [-0.1, -0.05) is 12.1 Å². The molecule has 174 valence electrons. The Bertz CT molecular complexity index is 1060. The van der Waals surface area contributed by atoms with Crippen molar-refractivity contribution < 1.29 is 38.8 Å². The summed E-state index contributed by atoms with van der Waals surface area (Å²) in [5.74, 6) is -2.36. The third-order valence-corrected chi connectivity index (χ3v) is 4.07. The maximum absolute atomic E-state index is 12.7. The van der Waals surface area contributed by atoms with Gasteiger partial charge in [-0.2, -0.15) is 5.11 Å². The van der Waals surface area contributed by atoms with Crippen LogP contribution in [0.1, 0.15) is 27.6 Å². The molecule has 3 N–H and O–H groups in total. The number of hydrogen-bond donors (Lipinski definition) is 3. The molecule has 11 nitrogen and oxygen atoms in total. The van der Waals surface area contributed by atoms with Crippen LogP contribution in [0.5, 0.6) is 5.75 Å². The third-order valence-electron chi connectivity index (χ3n) is 4.07. The number of rotatable bonds is 9. The van der Waals surface area contributed by atoms with Gasteiger partial charge in [0.2, 0.25) is 0 Å². The average molecular weight is 457 g/mol. The molecule has 0 saturated carbocycles. The fourth-order valence-electron chi connectivity index (χ4n) is 2.56. The quantitative estimate of drug-likeness (QED) is 0.224. The summed E-state index contributed by atoms with van der Waals surface area (Å²) in [6.45, 7) is 1.05. The number of carbonyl (C=O) groups is 3. The summed E-state index contributed by atoms with van der Waals surface area (Å²) in [5.41, 5.74) is -0.0721. The smallest absolute Gasteiger partial charge is 0.337 e. The van der Waals surface area contributed by atoms with Crippen LogP contribution in [0.2, 0.25) is 0 Å². The van der Waals surface area contributed by atoms with Crippen LogP contribution in [0.25, 0.3) is 0 Å². The molecule has 33 heavy (non-hydrogen) atoms. The molecular weight excluding hydrogens is 434 g/mol. The number of esters is 2. The summed E-state index contributed by atoms with van der Waals surface area (Å²) < 4.78 is 14.7. The fraction of sp³-hybridized carbons (Fsp3) is 0.227. The Morgan fingerprint density at radius 2 is 1.61 bits per heavy atom. The highest BCUT2D eigenvalue weighted by atomic mass is 16.5. The molecule has 0 fully saturated rings. The lowest BCUT2D eigenvalue weighted by Gasteiger charge is -2.12. The first-order valence-electron chi connectivity index (χ1n) is 9.58. The van der Waals surface area contributed by atoms with Crippen molar-refractivity contribution in [2.45, 2.75) is 6.92 Å². The Balaban J connectivity index is 2.34. The molecule has 0 aliphatic rings. The second kappa shape index (κ2) is 12.0. The number of anilines is 1. The summed E-state index contributed by atoms with van der Waals surface area (Å²) in [5, 5.41) is 29.1. The molecule has 0 saturated heterocycles. The van der Waals surface area contributed by atoms with E-state index in [1.54, 1.807) is 24.3 Å². The van der Waals surface area contributed by atoms with Gasteiger partial charge in [0, 0.05) is 0 Å². The van der Waals surface area contributed by atoms with E-state index in [4.69, 9.17) is 9.84 Å². The lowest BCUT2D eigenvalue weighted by molar-refractivity contribution is -0.113. The molecule has 0 aliphatic carbocycles. The molecule has 0 atom stereocenters. The predicted molar refractivity (Wildman–Crippen MR) is 117 cm³/mol. The standard InChI is InChI=1S/C22H23N3O8/c1-13(27)19(20(28)23-17-6-4-5-7-18(17)33-9-8-26)25-24-16-11-14(21(29)31-2)10-15(12-16)22(30)32-3/h4-7,10-12,26-27H,8-9H2,1-3H3,(H,23,28)/b19-13+,25-24?. The van der Waals surface area contributed by atoms with Crippen LogP contribution in [-0.2, 0) is 14.3 Å². The highest BCUT2D eigenvalue weighted by Gasteiger charge is 2.17. The summed E-state index contributed by atoms with van der Waals surface area (Å²) in [4.78, 5) is 36.5. The van der Waals surface area contributed by atoms with Crippen molar-refractivity contribution in [2.24, 2.45) is 10.2 Å². The Labute approximate surface area is 189 Å². The molecular formula is C22H23N3O8. The number of aliphatic hydroxyl groups is 2. The molecule has 2 aromatic carbocycles. The van der Waals surface area contributed by atoms with E-state index in [1.165, 1.54) is 39.3 Å². The zero-order valence-electron chi connectivity index (χ0n) is 18.2. The van der Waals surface area contributed by atoms with Crippen molar-refractivity contribution in [3.63, 3.8) is 0 Å². The lowest BCUT2D eigenvalue weighted by atomic mass is 10.1. The van der Waals surface area contributed by atoms with E-state index >= 15 is 0 Å². The first-order chi connectivity index (χ1) is 15.8. The van der Waals surface area contributed by atoms with E-state index in [0.29, 0.717) is 5.75 Å². The number of azo groups is 1. The second-order valence-electron chi connectivity index (χ2n) is 6.41. The number of nitrogens with zero attached hydrogens (tertiary/aromatic N) is 2. The van der Waals surface area contributed by atoms with Crippen molar-refractivity contribution in [2.75, 3.05) is 32.8 Å². The van der Waals surface area contributed by atoms with E-state index in [-0.39, 0.29) is 35.7 Å². The average Bonchev–Trinajstić information content (AvgIpc) is 2.82. The molecule has 0 unspecified atom stereocenters. The van der Waals surface area contributed by atoms with Crippen LogP contribution in [0.4, 0.5) is 11.4 Å². The lowest BCUT2D eigenvalue weighted by Crippen LogP contribution is -2.16. The molecule has 0 radical (unpaired) electrons. The largest absolute Gasteiger partial charge is 0.510 e. The Hall–Kier alpha value is -4.25. The molecule has 0 aromatic heterocycles. The molecule has 0 heterocycles. The summed E-state index contributed by atoms with van der Waals surface area (Å²) in [6, 6.07) is 10.3. The predicted octanol–water partition coefficient (Wildman–Crippen LogP) is 3.14. The molecule has 11 heteroatoms. The van der Waals surface area contributed by atoms with Crippen molar-refractivity contribution in [1.29, 1.82) is 0 Å². The van der Waals surface area contributed by atoms with Gasteiger partial charge in [0.15, 0.2) is 5.70 Å². The van der Waals surface area contributed by atoms with Crippen molar-refractivity contribution in [3.05, 3.63) is 65.0 Å². The van der Waals surface area contributed by atoms with Gasteiger partial charge in [-0.15, -0.1) is 5.11 Å². The minimum atomic E-state index is -0.795. The highest BCUT2D eigenvalue weighted by Crippen LogP contribution is 2.25. The zero-order valence-corrected chi connectivity index (χ0v) is 18.2. The van der Waals surface area contributed by atoms with E-state index < -0.39 is 29.3 Å². The summed E-state index contributed by atoms with van der Waals surface area (Å²) >= 11 is 0. The van der Waals surface area contributed by atoms with Gasteiger partial charge < -0.3 is 29.7 Å². The number of nitrogens with one attached hydrogen (secondary N) is 1. The highest BCUT2D eigenvalue weighted by molar-refractivity contribution is 6.04. The number of methoxy groups -OCH3 is 2. The van der Waals surface area contributed by atoms with Gasteiger partial charge in [-0.3, -0.25) is 4.79 Å². The van der Waals surface area contributed by atoms with Gasteiger partial charge in [0.05, 0.1) is 43.3 Å². The normalized spacial score (nSPS) is 11.5. The van der Waals surface area contributed by atoms with E-state index in [0.717, 1.165) is 0 Å². The third kappa shape index (κ3) is 6.87. The van der Waals surface area contributed by atoms with Crippen molar-refractivity contribution in [1.82, 2.24) is 0 Å². The SMILES string of the molecule is COC(=O)c1cc(N=N/C(C(=O)Nc2ccccc2OCCO)=C(\C)O)cc(C(=O)OC)c1. The number of allylic oxidation sites excluding steroid dienone is 1. The van der Waals surface area contributed by atoms with Gasteiger partial charge >= 0.3 is 11.9 Å². The van der Waals surface area contributed by atoms with Gasteiger partial charge in [-0.05, 0) is 37.3 Å². The Kier molecular flexibility index (Phi) is 9.06. The van der Waals surface area contributed by atoms with Gasteiger partial charge in [0.25, 0.3) is 5.91 Å². The summed E-state index contributed by atoms with van der Waals surface area (Å²) in [7, 11) is 2.35. The Morgan fingerprint density at radius 3 is 2.15 bits per heavy atom. The zero-order chi connectivity index (χ0) is 24.4. The maximum atomic E-state index is 12.7. The maximum Gasteiger partial charge on any atom is 0.337 e. The number of amides is 1. The summed E-state index contributed by atoms with van der Waals surface area (Å²) in [6.07, 6.45) is 0. The van der Waals surface area contributed by atoms with E-state index in [1.807, 2.05) is 0 Å².